The number of likely N-dealkylation sites (tertiary alicyclic amines) is 1. The number of aryl methyl sites for hydroxylation is 1. The van der Waals surface area contributed by atoms with Crippen LogP contribution in [0.3, 0.4) is 0 Å². The molecule has 0 bridgehead atoms. The molecule has 1 aliphatic rings. The quantitative estimate of drug-likeness (QED) is 0.893. The number of furan rings is 1. The molecular formula is C14H22N2O2. The van der Waals surface area contributed by atoms with Crippen LogP contribution in [0, 0.1) is 5.92 Å². The summed E-state index contributed by atoms with van der Waals surface area (Å²) >= 11 is 0. The fraction of sp³-hybridized carbons (Fsp3) is 0.643. The van der Waals surface area contributed by atoms with Crippen molar-refractivity contribution in [1.29, 1.82) is 0 Å². The Kier molecular flexibility index (Phi) is 4.07. The standard InChI is InChI=1S/C14H22N2O2/c1-3-13-12(6-7-18-13)14(17)16-9-11(8-15)5-4-10(16)2/h6-7,10-11H,3-5,8-9,15H2,1-2H3. The molecule has 100 valence electrons. The summed E-state index contributed by atoms with van der Waals surface area (Å²) < 4.78 is 5.34. The summed E-state index contributed by atoms with van der Waals surface area (Å²) in [5.41, 5.74) is 6.44. The molecule has 2 heterocycles. The van der Waals surface area contributed by atoms with E-state index in [9.17, 15) is 4.79 Å². The number of hydrogen-bond donors (Lipinski definition) is 1. The number of carbonyl (C=O) groups is 1. The summed E-state index contributed by atoms with van der Waals surface area (Å²) in [6, 6.07) is 2.07. The van der Waals surface area contributed by atoms with Gasteiger partial charge in [0.15, 0.2) is 0 Å². The molecule has 1 saturated heterocycles. The van der Waals surface area contributed by atoms with Crippen molar-refractivity contribution in [2.45, 2.75) is 39.2 Å². The lowest BCUT2D eigenvalue weighted by Gasteiger charge is -2.37. The average Bonchev–Trinajstić information content (AvgIpc) is 2.86. The lowest BCUT2D eigenvalue weighted by Crippen LogP contribution is -2.47. The summed E-state index contributed by atoms with van der Waals surface area (Å²) in [7, 11) is 0. The first-order chi connectivity index (χ1) is 8.67. The summed E-state index contributed by atoms with van der Waals surface area (Å²) in [6.07, 6.45) is 4.50. The minimum Gasteiger partial charge on any atom is -0.469 e. The summed E-state index contributed by atoms with van der Waals surface area (Å²) in [4.78, 5) is 14.5. The van der Waals surface area contributed by atoms with Gasteiger partial charge in [-0.2, -0.15) is 0 Å². The zero-order valence-corrected chi connectivity index (χ0v) is 11.2. The minimum absolute atomic E-state index is 0.0891. The van der Waals surface area contributed by atoms with E-state index in [1.165, 1.54) is 0 Å². The van der Waals surface area contributed by atoms with Gasteiger partial charge in [-0.1, -0.05) is 6.92 Å². The maximum atomic E-state index is 12.5. The number of nitrogens with zero attached hydrogens (tertiary/aromatic N) is 1. The van der Waals surface area contributed by atoms with Crippen LogP contribution in [0.2, 0.25) is 0 Å². The summed E-state index contributed by atoms with van der Waals surface area (Å²) in [5.74, 6) is 1.30. The molecule has 1 aromatic heterocycles. The van der Waals surface area contributed by atoms with Crippen LogP contribution in [0.25, 0.3) is 0 Å². The largest absolute Gasteiger partial charge is 0.469 e. The highest BCUT2D eigenvalue weighted by Gasteiger charge is 2.30. The van der Waals surface area contributed by atoms with Crippen LogP contribution in [0.1, 0.15) is 42.8 Å². The molecule has 1 fully saturated rings. The van der Waals surface area contributed by atoms with Crippen molar-refractivity contribution in [2.75, 3.05) is 13.1 Å². The second-order valence-electron chi connectivity index (χ2n) is 5.10. The Balaban J connectivity index is 2.16. The number of hydrogen-bond acceptors (Lipinski definition) is 3. The number of nitrogens with two attached hydrogens (primary N) is 1. The normalized spacial score (nSPS) is 24.3. The van der Waals surface area contributed by atoms with Gasteiger partial charge in [0.2, 0.25) is 0 Å². The van der Waals surface area contributed by atoms with Gasteiger partial charge in [0.1, 0.15) is 5.76 Å². The first kappa shape index (κ1) is 13.1. The Morgan fingerprint density at radius 3 is 3.00 bits per heavy atom. The third-order valence-electron chi connectivity index (χ3n) is 3.87. The van der Waals surface area contributed by atoms with Gasteiger partial charge in [0, 0.05) is 19.0 Å². The molecule has 4 nitrogen and oxygen atoms in total. The Bertz CT molecular complexity index is 414. The van der Waals surface area contributed by atoms with Gasteiger partial charge in [-0.3, -0.25) is 4.79 Å². The Morgan fingerprint density at radius 2 is 2.33 bits per heavy atom. The zero-order chi connectivity index (χ0) is 13.1. The van der Waals surface area contributed by atoms with E-state index >= 15 is 0 Å². The average molecular weight is 250 g/mol. The SMILES string of the molecule is CCc1occc1C(=O)N1CC(CN)CCC1C. The molecule has 1 aliphatic heterocycles. The van der Waals surface area contributed by atoms with Crippen molar-refractivity contribution in [1.82, 2.24) is 4.90 Å². The van der Waals surface area contributed by atoms with Gasteiger partial charge < -0.3 is 15.1 Å². The van der Waals surface area contributed by atoms with Crippen molar-refractivity contribution in [3.63, 3.8) is 0 Å². The van der Waals surface area contributed by atoms with E-state index in [1.807, 2.05) is 11.8 Å². The second kappa shape index (κ2) is 5.57. The van der Waals surface area contributed by atoms with Crippen molar-refractivity contribution in [3.8, 4) is 0 Å². The van der Waals surface area contributed by atoms with Gasteiger partial charge >= 0.3 is 0 Å². The van der Waals surface area contributed by atoms with E-state index in [1.54, 1.807) is 12.3 Å². The van der Waals surface area contributed by atoms with E-state index in [0.717, 1.165) is 31.6 Å². The molecule has 1 amide bonds. The monoisotopic (exact) mass is 250 g/mol. The maximum Gasteiger partial charge on any atom is 0.257 e. The highest BCUT2D eigenvalue weighted by molar-refractivity contribution is 5.95. The van der Waals surface area contributed by atoms with Crippen molar-refractivity contribution >= 4 is 5.91 Å². The first-order valence-electron chi connectivity index (χ1n) is 6.74. The third-order valence-corrected chi connectivity index (χ3v) is 3.87. The molecule has 2 rings (SSSR count). The zero-order valence-electron chi connectivity index (χ0n) is 11.2. The molecule has 2 unspecified atom stereocenters. The van der Waals surface area contributed by atoms with Gasteiger partial charge in [0.05, 0.1) is 11.8 Å². The third kappa shape index (κ3) is 2.43. The topological polar surface area (TPSA) is 59.5 Å². The maximum absolute atomic E-state index is 12.5. The lowest BCUT2D eigenvalue weighted by molar-refractivity contribution is 0.0564. The molecule has 0 saturated carbocycles. The van der Waals surface area contributed by atoms with Gasteiger partial charge in [-0.25, -0.2) is 0 Å². The Hall–Kier alpha value is -1.29. The Labute approximate surface area is 108 Å². The van der Waals surface area contributed by atoms with E-state index in [0.29, 0.717) is 24.1 Å². The molecule has 18 heavy (non-hydrogen) atoms. The number of amides is 1. The molecule has 1 aromatic rings. The smallest absolute Gasteiger partial charge is 0.257 e. The van der Waals surface area contributed by atoms with E-state index in [-0.39, 0.29) is 5.91 Å². The van der Waals surface area contributed by atoms with Crippen molar-refractivity contribution in [3.05, 3.63) is 23.7 Å². The molecule has 4 heteroatoms. The van der Waals surface area contributed by atoms with Crippen LogP contribution >= 0.6 is 0 Å². The van der Waals surface area contributed by atoms with Crippen LogP contribution in [0.15, 0.2) is 16.7 Å². The highest BCUT2D eigenvalue weighted by Crippen LogP contribution is 2.24. The Morgan fingerprint density at radius 1 is 1.56 bits per heavy atom. The first-order valence-corrected chi connectivity index (χ1v) is 6.74. The van der Waals surface area contributed by atoms with Crippen LogP contribution < -0.4 is 5.73 Å². The predicted octanol–water partition coefficient (Wildman–Crippen LogP) is 2.04. The van der Waals surface area contributed by atoms with Crippen LogP contribution in [0.5, 0.6) is 0 Å². The molecular weight excluding hydrogens is 228 g/mol. The van der Waals surface area contributed by atoms with E-state index in [4.69, 9.17) is 10.2 Å². The molecule has 0 aliphatic carbocycles. The fourth-order valence-corrected chi connectivity index (χ4v) is 2.62. The van der Waals surface area contributed by atoms with Gasteiger partial charge in [-0.15, -0.1) is 0 Å². The number of piperidine rings is 1. The predicted molar refractivity (Wildman–Crippen MR) is 70.4 cm³/mol. The van der Waals surface area contributed by atoms with Crippen LogP contribution in [-0.2, 0) is 6.42 Å². The molecule has 0 radical (unpaired) electrons. The van der Waals surface area contributed by atoms with Crippen LogP contribution in [0.4, 0.5) is 0 Å². The summed E-state index contributed by atoms with van der Waals surface area (Å²) in [6.45, 7) is 5.53. The highest BCUT2D eigenvalue weighted by atomic mass is 16.3. The van der Waals surface area contributed by atoms with E-state index in [2.05, 4.69) is 6.92 Å². The summed E-state index contributed by atoms with van der Waals surface area (Å²) in [5, 5.41) is 0. The van der Waals surface area contributed by atoms with E-state index < -0.39 is 0 Å². The minimum atomic E-state index is 0.0891. The van der Waals surface area contributed by atoms with Crippen molar-refractivity contribution < 1.29 is 9.21 Å². The molecule has 2 N–H and O–H groups in total. The molecule has 0 spiro atoms. The van der Waals surface area contributed by atoms with Gasteiger partial charge in [0.25, 0.3) is 5.91 Å². The van der Waals surface area contributed by atoms with Crippen molar-refractivity contribution in [2.24, 2.45) is 11.7 Å². The number of rotatable bonds is 3. The second-order valence-corrected chi connectivity index (χ2v) is 5.10. The van der Waals surface area contributed by atoms with Gasteiger partial charge in [-0.05, 0) is 38.3 Å². The fourth-order valence-electron chi connectivity index (χ4n) is 2.62. The molecule has 2 atom stereocenters. The van der Waals surface area contributed by atoms with Crippen LogP contribution in [-0.4, -0.2) is 29.9 Å². The number of carbonyl (C=O) groups excluding carboxylic acids is 1. The molecule has 0 aromatic carbocycles. The lowest BCUT2D eigenvalue weighted by atomic mass is 9.93.